The molecular weight excluding hydrogens is 124 g/mol. The Balaban J connectivity index is 2.11. The van der Waals surface area contributed by atoms with Gasteiger partial charge in [-0.1, -0.05) is 20.3 Å². The van der Waals surface area contributed by atoms with Gasteiger partial charge < -0.3 is 4.74 Å². The second kappa shape index (κ2) is 3.97. The minimum atomic E-state index is 0.870. The maximum atomic E-state index is 5.30. The first-order valence-electron chi connectivity index (χ1n) is 4.40. The maximum absolute atomic E-state index is 5.30. The van der Waals surface area contributed by atoms with Crippen LogP contribution in [0.3, 0.4) is 0 Å². The molecule has 0 aliphatic carbocycles. The highest BCUT2D eigenvalue weighted by molar-refractivity contribution is 4.66. The quantitative estimate of drug-likeness (QED) is 0.588. The summed E-state index contributed by atoms with van der Waals surface area (Å²) in [5.41, 5.74) is 0. The monoisotopic (exact) mass is 142 g/mol. The molecule has 1 aliphatic rings. The number of rotatable bonds is 3. The first kappa shape index (κ1) is 8.06. The molecule has 1 rings (SSSR count). The fourth-order valence-electron chi connectivity index (χ4n) is 1.50. The van der Waals surface area contributed by atoms with E-state index in [0.717, 1.165) is 25.0 Å². The fraction of sp³-hybridized carbons (Fsp3) is 1.00. The molecule has 1 aliphatic heterocycles. The van der Waals surface area contributed by atoms with Crippen molar-refractivity contribution in [2.24, 2.45) is 11.8 Å². The van der Waals surface area contributed by atoms with Gasteiger partial charge in [0.2, 0.25) is 0 Å². The molecule has 0 spiro atoms. The normalized spacial score (nSPS) is 28.8. The second-order valence-corrected chi connectivity index (χ2v) is 3.48. The van der Waals surface area contributed by atoms with E-state index < -0.39 is 0 Å². The van der Waals surface area contributed by atoms with Crippen LogP contribution >= 0.6 is 0 Å². The third kappa shape index (κ3) is 2.30. The minimum absolute atomic E-state index is 0.870. The van der Waals surface area contributed by atoms with Gasteiger partial charge in [0.1, 0.15) is 0 Å². The molecule has 0 aromatic heterocycles. The van der Waals surface area contributed by atoms with E-state index in [1.54, 1.807) is 0 Å². The Hall–Kier alpha value is -0.0400. The van der Waals surface area contributed by atoms with Gasteiger partial charge in [-0.05, 0) is 24.7 Å². The summed E-state index contributed by atoms with van der Waals surface area (Å²) in [6.45, 7) is 6.62. The summed E-state index contributed by atoms with van der Waals surface area (Å²) in [7, 11) is 0. The predicted molar refractivity (Wildman–Crippen MR) is 43.0 cm³/mol. The van der Waals surface area contributed by atoms with Gasteiger partial charge in [0, 0.05) is 13.2 Å². The van der Waals surface area contributed by atoms with E-state index in [4.69, 9.17) is 4.74 Å². The molecule has 0 aromatic rings. The molecule has 1 unspecified atom stereocenters. The van der Waals surface area contributed by atoms with Gasteiger partial charge in [-0.2, -0.15) is 0 Å². The van der Waals surface area contributed by atoms with Crippen LogP contribution in [0.4, 0.5) is 0 Å². The van der Waals surface area contributed by atoms with E-state index >= 15 is 0 Å². The zero-order valence-corrected chi connectivity index (χ0v) is 7.10. The van der Waals surface area contributed by atoms with Crippen molar-refractivity contribution in [3.63, 3.8) is 0 Å². The number of hydrogen-bond acceptors (Lipinski definition) is 1. The highest BCUT2D eigenvalue weighted by Gasteiger charge is 2.17. The van der Waals surface area contributed by atoms with Crippen LogP contribution in [0.1, 0.15) is 33.1 Å². The van der Waals surface area contributed by atoms with Crippen LogP contribution in [0.5, 0.6) is 0 Å². The molecule has 1 saturated heterocycles. The summed E-state index contributed by atoms with van der Waals surface area (Å²) in [6.07, 6.45) is 3.98. The molecule has 2 atom stereocenters. The maximum Gasteiger partial charge on any atom is 0.0495 e. The van der Waals surface area contributed by atoms with E-state index in [9.17, 15) is 0 Å². The summed E-state index contributed by atoms with van der Waals surface area (Å²) in [4.78, 5) is 0. The smallest absolute Gasteiger partial charge is 0.0495 e. The minimum Gasteiger partial charge on any atom is -0.381 e. The Bertz CT molecular complexity index is 84.7. The molecule has 1 heterocycles. The van der Waals surface area contributed by atoms with Gasteiger partial charge in [-0.15, -0.1) is 0 Å². The summed E-state index contributed by atoms with van der Waals surface area (Å²) < 4.78 is 5.30. The van der Waals surface area contributed by atoms with Gasteiger partial charge in [0.25, 0.3) is 0 Å². The lowest BCUT2D eigenvalue weighted by atomic mass is 9.94. The van der Waals surface area contributed by atoms with Crippen LogP contribution in [0, 0.1) is 11.8 Å². The zero-order chi connectivity index (χ0) is 7.40. The average molecular weight is 142 g/mol. The van der Waals surface area contributed by atoms with Gasteiger partial charge >= 0.3 is 0 Å². The van der Waals surface area contributed by atoms with Crippen LogP contribution in [0.15, 0.2) is 0 Å². The highest BCUT2D eigenvalue weighted by Crippen LogP contribution is 2.22. The van der Waals surface area contributed by atoms with Crippen LogP contribution in [0.2, 0.25) is 0 Å². The van der Waals surface area contributed by atoms with E-state index in [1.807, 2.05) is 0 Å². The van der Waals surface area contributed by atoms with Crippen molar-refractivity contribution in [2.75, 3.05) is 13.2 Å². The SMILES string of the molecule is CC[C@@H](C)CC1CCOC1. The number of hydrogen-bond donors (Lipinski definition) is 0. The largest absolute Gasteiger partial charge is 0.381 e. The Morgan fingerprint density at radius 3 is 2.90 bits per heavy atom. The van der Waals surface area contributed by atoms with Crippen LogP contribution in [-0.4, -0.2) is 13.2 Å². The van der Waals surface area contributed by atoms with E-state index in [-0.39, 0.29) is 0 Å². The molecular formula is C9H18O. The van der Waals surface area contributed by atoms with Crippen LogP contribution in [-0.2, 0) is 4.74 Å². The fourth-order valence-corrected chi connectivity index (χ4v) is 1.50. The molecule has 0 aromatic carbocycles. The summed E-state index contributed by atoms with van der Waals surface area (Å²) in [5.74, 6) is 1.77. The van der Waals surface area contributed by atoms with Crippen LogP contribution in [0.25, 0.3) is 0 Å². The molecule has 60 valence electrons. The lowest BCUT2D eigenvalue weighted by Crippen LogP contribution is -2.04. The van der Waals surface area contributed by atoms with Gasteiger partial charge in [0.15, 0.2) is 0 Å². The van der Waals surface area contributed by atoms with Crippen molar-refractivity contribution in [2.45, 2.75) is 33.1 Å². The standard InChI is InChI=1S/C9H18O/c1-3-8(2)6-9-4-5-10-7-9/h8-9H,3-7H2,1-2H3/t8-,9?/m1/s1. The molecule has 0 saturated carbocycles. The van der Waals surface area contributed by atoms with Crippen molar-refractivity contribution < 1.29 is 4.74 Å². The Morgan fingerprint density at radius 1 is 1.60 bits per heavy atom. The lowest BCUT2D eigenvalue weighted by Gasteiger charge is -2.12. The third-order valence-electron chi connectivity index (χ3n) is 2.46. The van der Waals surface area contributed by atoms with E-state index in [1.165, 1.54) is 19.3 Å². The molecule has 0 N–H and O–H groups in total. The van der Waals surface area contributed by atoms with Crippen molar-refractivity contribution >= 4 is 0 Å². The second-order valence-electron chi connectivity index (χ2n) is 3.48. The predicted octanol–water partition coefficient (Wildman–Crippen LogP) is 2.46. The number of ether oxygens (including phenoxy) is 1. The van der Waals surface area contributed by atoms with Crippen molar-refractivity contribution in [3.8, 4) is 0 Å². The molecule has 0 amide bonds. The highest BCUT2D eigenvalue weighted by atomic mass is 16.5. The summed E-state index contributed by atoms with van der Waals surface area (Å²) >= 11 is 0. The van der Waals surface area contributed by atoms with E-state index in [0.29, 0.717) is 0 Å². The zero-order valence-electron chi connectivity index (χ0n) is 7.10. The van der Waals surface area contributed by atoms with E-state index in [2.05, 4.69) is 13.8 Å². The molecule has 1 heteroatoms. The summed E-state index contributed by atoms with van der Waals surface area (Å²) in [6, 6.07) is 0. The molecule has 0 radical (unpaired) electrons. The first-order valence-corrected chi connectivity index (χ1v) is 4.40. The molecule has 10 heavy (non-hydrogen) atoms. The Morgan fingerprint density at radius 2 is 2.40 bits per heavy atom. The van der Waals surface area contributed by atoms with Crippen LogP contribution < -0.4 is 0 Å². The molecule has 1 fully saturated rings. The topological polar surface area (TPSA) is 9.23 Å². The van der Waals surface area contributed by atoms with Gasteiger partial charge in [0.05, 0.1) is 0 Å². The average Bonchev–Trinajstić information content (AvgIpc) is 2.40. The Labute approximate surface area is 63.8 Å². The first-order chi connectivity index (χ1) is 4.83. The molecule has 1 nitrogen and oxygen atoms in total. The lowest BCUT2D eigenvalue weighted by molar-refractivity contribution is 0.180. The third-order valence-corrected chi connectivity index (χ3v) is 2.46. The summed E-state index contributed by atoms with van der Waals surface area (Å²) in [5, 5.41) is 0. The van der Waals surface area contributed by atoms with Crippen molar-refractivity contribution in [3.05, 3.63) is 0 Å². The Kier molecular flexibility index (Phi) is 3.20. The van der Waals surface area contributed by atoms with Gasteiger partial charge in [-0.3, -0.25) is 0 Å². The van der Waals surface area contributed by atoms with Crippen molar-refractivity contribution in [1.29, 1.82) is 0 Å². The van der Waals surface area contributed by atoms with Gasteiger partial charge in [-0.25, -0.2) is 0 Å². The molecule has 0 bridgehead atoms. The van der Waals surface area contributed by atoms with Crippen molar-refractivity contribution in [1.82, 2.24) is 0 Å².